The number of hydrogen-bond donors (Lipinski definition) is 1. The molecule has 0 fully saturated rings. The van der Waals surface area contributed by atoms with E-state index in [0.29, 0.717) is 35.6 Å². The molecule has 8 heteroatoms. The molecular weight excluding hydrogens is 502 g/mol. The van der Waals surface area contributed by atoms with E-state index in [4.69, 9.17) is 14.2 Å². The number of para-hydroxylation sites is 1. The largest absolute Gasteiger partial charge is 0.496 e. The summed E-state index contributed by atoms with van der Waals surface area (Å²) in [6.45, 7) is 7.86. The van der Waals surface area contributed by atoms with Crippen LogP contribution < -0.4 is 14.8 Å². The lowest BCUT2D eigenvalue weighted by molar-refractivity contribution is -0.147. The number of methoxy groups -OCH3 is 1. The van der Waals surface area contributed by atoms with Crippen molar-refractivity contribution in [3.05, 3.63) is 83.2 Å². The molecule has 38 heavy (non-hydrogen) atoms. The lowest BCUT2D eigenvalue weighted by Crippen LogP contribution is -2.42. The third-order valence-corrected chi connectivity index (χ3v) is 7.71. The van der Waals surface area contributed by atoms with Gasteiger partial charge in [0.05, 0.1) is 7.11 Å². The number of hydrogen-bond acceptors (Lipinski definition) is 8. The predicted octanol–water partition coefficient (Wildman–Crippen LogP) is 5.13. The molecule has 0 saturated carbocycles. The van der Waals surface area contributed by atoms with E-state index in [-0.39, 0.29) is 18.3 Å². The van der Waals surface area contributed by atoms with E-state index in [1.807, 2.05) is 24.3 Å². The number of ether oxygens (including phenoxy) is 3. The van der Waals surface area contributed by atoms with E-state index >= 15 is 0 Å². The van der Waals surface area contributed by atoms with Crippen molar-refractivity contribution in [2.45, 2.75) is 38.5 Å². The standard InChI is InChI=1S/C30H33NO6S/c1-5-38-15-14-36-30(34)27-18(2)31-24-16-21(23-8-6-7-9-26(23)35-4)17-25(33)29(24)28(27)20-10-12-22(13-11-20)37-19(3)32/h6-13,21,27-28,31H,2,5,14-17H2,1,3-4H3. The molecule has 7 nitrogen and oxygen atoms in total. The molecule has 200 valence electrons. The summed E-state index contributed by atoms with van der Waals surface area (Å²) in [5.41, 5.74) is 3.57. The highest BCUT2D eigenvalue weighted by atomic mass is 32.2. The summed E-state index contributed by atoms with van der Waals surface area (Å²) in [7, 11) is 1.62. The number of carbonyl (C=O) groups excluding carboxylic acids is 3. The molecule has 1 aliphatic carbocycles. The molecular formula is C30H33NO6S. The molecule has 1 N–H and O–H groups in total. The maximum absolute atomic E-state index is 13.8. The van der Waals surface area contributed by atoms with Crippen LogP contribution in [0.3, 0.4) is 0 Å². The molecule has 0 saturated heterocycles. The van der Waals surface area contributed by atoms with Crippen molar-refractivity contribution in [1.29, 1.82) is 0 Å². The van der Waals surface area contributed by atoms with E-state index in [9.17, 15) is 14.4 Å². The van der Waals surface area contributed by atoms with Crippen LogP contribution in [0.5, 0.6) is 11.5 Å². The summed E-state index contributed by atoms with van der Waals surface area (Å²) in [6, 6.07) is 14.7. The Morgan fingerprint density at radius 1 is 1.11 bits per heavy atom. The van der Waals surface area contributed by atoms with Gasteiger partial charge in [-0.2, -0.15) is 11.8 Å². The highest BCUT2D eigenvalue weighted by molar-refractivity contribution is 7.99. The van der Waals surface area contributed by atoms with Crippen LogP contribution in [0.2, 0.25) is 0 Å². The van der Waals surface area contributed by atoms with Gasteiger partial charge in [0.25, 0.3) is 0 Å². The molecule has 2 aromatic rings. The summed E-state index contributed by atoms with van der Waals surface area (Å²) in [6.07, 6.45) is 0.877. The van der Waals surface area contributed by atoms with Crippen LogP contribution in [0.4, 0.5) is 0 Å². The quantitative estimate of drug-likeness (QED) is 0.268. The summed E-state index contributed by atoms with van der Waals surface area (Å²) in [5.74, 6) is 0.491. The van der Waals surface area contributed by atoms with E-state index in [2.05, 4.69) is 18.8 Å². The van der Waals surface area contributed by atoms with E-state index in [0.717, 1.165) is 28.3 Å². The minimum absolute atomic E-state index is 0.0319. The number of allylic oxidation sites excluding steroid dienone is 2. The fourth-order valence-corrected chi connectivity index (χ4v) is 5.74. The molecule has 0 amide bonds. The van der Waals surface area contributed by atoms with E-state index < -0.39 is 23.8 Å². The van der Waals surface area contributed by atoms with Crippen LogP contribution in [0, 0.1) is 5.92 Å². The summed E-state index contributed by atoms with van der Waals surface area (Å²) in [5, 5.41) is 3.30. The maximum Gasteiger partial charge on any atom is 0.315 e. The van der Waals surface area contributed by atoms with Crippen LogP contribution in [0.15, 0.2) is 72.1 Å². The third kappa shape index (κ3) is 5.96. The second-order valence-corrected chi connectivity index (χ2v) is 10.7. The van der Waals surface area contributed by atoms with Crippen molar-refractivity contribution in [1.82, 2.24) is 5.32 Å². The number of ketones is 1. The zero-order chi connectivity index (χ0) is 27.2. The number of Topliss-reactive ketones (excluding diaryl/α,β-unsaturated/α-hetero) is 1. The van der Waals surface area contributed by atoms with Crippen LogP contribution in [-0.2, 0) is 19.1 Å². The summed E-state index contributed by atoms with van der Waals surface area (Å²) < 4.78 is 16.4. The molecule has 1 heterocycles. The molecule has 3 atom stereocenters. The first-order valence-electron chi connectivity index (χ1n) is 12.7. The van der Waals surface area contributed by atoms with Crippen molar-refractivity contribution in [3.63, 3.8) is 0 Å². The predicted molar refractivity (Wildman–Crippen MR) is 147 cm³/mol. The summed E-state index contributed by atoms with van der Waals surface area (Å²) >= 11 is 1.69. The Labute approximate surface area is 227 Å². The van der Waals surface area contributed by atoms with Gasteiger partial charge in [0.1, 0.15) is 24.0 Å². The molecule has 4 rings (SSSR count). The van der Waals surface area contributed by atoms with E-state index in [1.165, 1.54) is 6.92 Å². The number of thioether (sulfide) groups is 1. The van der Waals surface area contributed by atoms with Gasteiger partial charge in [0.15, 0.2) is 5.78 Å². The fourth-order valence-electron chi connectivity index (χ4n) is 5.26. The molecule has 2 aliphatic rings. The van der Waals surface area contributed by atoms with Gasteiger partial charge in [0.2, 0.25) is 0 Å². The second-order valence-electron chi connectivity index (χ2n) is 9.30. The van der Waals surface area contributed by atoms with Crippen molar-refractivity contribution in [2.24, 2.45) is 5.92 Å². The van der Waals surface area contributed by atoms with Crippen molar-refractivity contribution in [2.75, 3.05) is 25.2 Å². The molecule has 0 spiro atoms. The van der Waals surface area contributed by atoms with Gasteiger partial charge in [0, 0.05) is 47.9 Å². The van der Waals surface area contributed by atoms with Gasteiger partial charge in [-0.25, -0.2) is 0 Å². The minimum Gasteiger partial charge on any atom is -0.496 e. The first-order valence-corrected chi connectivity index (χ1v) is 13.9. The van der Waals surface area contributed by atoms with Crippen LogP contribution >= 0.6 is 11.8 Å². The molecule has 1 aliphatic heterocycles. The topological polar surface area (TPSA) is 90.9 Å². The van der Waals surface area contributed by atoms with Gasteiger partial charge in [-0.05, 0) is 41.5 Å². The molecule has 0 bridgehead atoms. The van der Waals surface area contributed by atoms with Crippen molar-refractivity contribution in [3.8, 4) is 11.5 Å². The first-order chi connectivity index (χ1) is 18.3. The average Bonchev–Trinajstić information content (AvgIpc) is 2.90. The number of carbonyl (C=O) groups is 3. The van der Waals surface area contributed by atoms with Gasteiger partial charge in [-0.3, -0.25) is 14.4 Å². The highest BCUT2D eigenvalue weighted by Gasteiger charge is 2.45. The monoisotopic (exact) mass is 535 g/mol. The number of rotatable bonds is 9. The van der Waals surface area contributed by atoms with Crippen LogP contribution in [-0.4, -0.2) is 42.9 Å². The zero-order valence-corrected chi connectivity index (χ0v) is 22.8. The van der Waals surface area contributed by atoms with Crippen LogP contribution in [0.1, 0.15) is 49.7 Å². The molecule has 0 radical (unpaired) electrons. The minimum atomic E-state index is -0.772. The number of esters is 2. The smallest absolute Gasteiger partial charge is 0.315 e. The Balaban J connectivity index is 1.72. The van der Waals surface area contributed by atoms with Crippen molar-refractivity contribution < 1.29 is 28.6 Å². The third-order valence-electron chi connectivity index (χ3n) is 6.85. The van der Waals surface area contributed by atoms with Gasteiger partial charge < -0.3 is 19.5 Å². The Kier molecular flexibility index (Phi) is 8.94. The Bertz CT molecular complexity index is 1250. The maximum atomic E-state index is 13.8. The lowest BCUT2D eigenvalue weighted by Gasteiger charge is -2.40. The molecule has 2 aromatic carbocycles. The summed E-state index contributed by atoms with van der Waals surface area (Å²) in [4.78, 5) is 38.5. The Morgan fingerprint density at radius 3 is 2.53 bits per heavy atom. The van der Waals surface area contributed by atoms with Gasteiger partial charge in [-0.1, -0.05) is 43.8 Å². The Hall–Kier alpha value is -3.52. The molecule has 3 unspecified atom stereocenters. The number of benzene rings is 2. The SMILES string of the molecule is C=C1NC2=C(C(=O)CC(c3ccccc3OC)C2)C(c2ccc(OC(C)=O)cc2)C1C(=O)OCCSCC. The fraction of sp³-hybridized carbons (Fsp3) is 0.367. The van der Waals surface area contributed by atoms with E-state index in [1.54, 1.807) is 43.1 Å². The number of nitrogens with one attached hydrogen (secondary N) is 1. The van der Waals surface area contributed by atoms with Gasteiger partial charge in [-0.15, -0.1) is 0 Å². The highest BCUT2D eigenvalue weighted by Crippen LogP contribution is 2.48. The van der Waals surface area contributed by atoms with Crippen LogP contribution in [0.25, 0.3) is 0 Å². The first kappa shape index (κ1) is 27.5. The Morgan fingerprint density at radius 2 is 1.84 bits per heavy atom. The zero-order valence-electron chi connectivity index (χ0n) is 22.0. The average molecular weight is 536 g/mol. The second kappa shape index (κ2) is 12.3. The van der Waals surface area contributed by atoms with Gasteiger partial charge >= 0.3 is 11.9 Å². The van der Waals surface area contributed by atoms with Crippen molar-refractivity contribution >= 4 is 29.5 Å². The molecule has 0 aromatic heterocycles. The normalized spacial score (nSPS) is 20.9. The lowest BCUT2D eigenvalue weighted by atomic mass is 9.69.